The third kappa shape index (κ3) is 3.24. The average Bonchev–Trinajstić information content (AvgIpc) is 2.94. The van der Waals surface area contributed by atoms with Crippen LogP contribution in [0.5, 0.6) is 0 Å². The second kappa shape index (κ2) is 5.89. The van der Waals surface area contributed by atoms with Crippen molar-refractivity contribution in [2.75, 3.05) is 19.6 Å². The number of urea groups is 1. The molecule has 0 unspecified atom stereocenters. The highest BCUT2D eigenvalue weighted by molar-refractivity contribution is 5.74. The van der Waals surface area contributed by atoms with E-state index in [1.165, 1.54) is 5.69 Å². The molecule has 0 bridgehead atoms. The van der Waals surface area contributed by atoms with Gasteiger partial charge in [0.15, 0.2) is 0 Å². The van der Waals surface area contributed by atoms with E-state index in [4.69, 9.17) is 0 Å². The molecule has 18 heavy (non-hydrogen) atoms. The van der Waals surface area contributed by atoms with Crippen LogP contribution in [0.2, 0.25) is 0 Å². The van der Waals surface area contributed by atoms with Crippen LogP contribution < -0.4 is 5.32 Å². The zero-order chi connectivity index (χ0) is 13.0. The first kappa shape index (κ1) is 12.9. The first-order chi connectivity index (χ1) is 8.66. The monoisotopic (exact) mass is 250 g/mol. The highest BCUT2D eigenvalue weighted by Crippen LogP contribution is 2.07. The van der Waals surface area contributed by atoms with Crippen molar-refractivity contribution in [3.05, 3.63) is 17.5 Å². The molecule has 5 heteroatoms. The van der Waals surface area contributed by atoms with Crippen molar-refractivity contribution in [1.29, 1.82) is 0 Å². The largest absolute Gasteiger partial charge is 0.338 e. The molecule has 2 rings (SSSR count). The van der Waals surface area contributed by atoms with Crippen LogP contribution in [0.25, 0.3) is 0 Å². The molecule has 2 amide bonds. The third-order valence-corrected chi connectivity index (χ3v) is 3.32. The van der Waals surface area contributed by atoms with Gasteiger partial charge in [-0.2, -0.15) is 5.10 Å². The Labute approximate surface area is 108 Å². The molecule has 0 radical (unpaired) electrons. The number of aromatic nitrogens is 2. The van der Waals surface area contributed by atoms with E-state index in [0.29, 0.717) is 6.54 Å². The van der Waals surface area contributed by atoms with Crippen LogP contribution >= 0.6 is 0 Å². The molecule has 2 heterocycles. The molecule has 1 fully saturated rings. The maximum atomic E-state index is 11.7. The molecular weight excluding hydrogens is 228 g/mol. The molecule has 0 saturated carbocycles. The number of aryl methyl sites for hydroxylation is 3. The summed E-state index contributed by atoms with van der Waals surface area (Å²) in [5.41, 5.74) is 2.23. The minimum absolute atomic E-state index is 0.0841. The molecule has 100 valence electrons. The molecule has 1 N–H and O–H groups in total. The molecular formula is C13H22N4O. The smallest absolute Gasteiger partial charge is 0.317 e. The minimum atomic E-state index is 0.0841. The first-order valence-electron chi connectivity index (χ1n) is 6.70. The lowest BCUT2D eigenvalue weighted by Crippen LogP contribution is -2.38. The van der Waals surface area contributed by atoms with Crippen LogP contribution in [-0.2, 0) is 6.54 Å². The van der Waals surface area contributed by atoms with Gasteiger partial charge in [0.1, 0.15) is 0 Å². The number of carbonyl (C=O) groups is 1. The first-order valence-corrected chi connectivity index (χ1v) is 6.70. The number of rotatable bonds is 4. The van der Waals surface area contributed by atoms with E-state index < -0.39 is 0 Å². The number of carbonyl (C=O) groups excluding carboxylic acids is 1. The van der Waals surface area contributed by atoms with Crippen molar-refractivity contribution in [3.63, 3.8) is 0 Å². The average molecular weight is 250 g/mol. The molecule has 0 spiro atoms. The van der Waals surface area contributed by atoms with E-state index in [1.54, 1.807) is 0 Å². The number of hydrogen-bond donors (Lipinski definition) is 1. The van der Waals surface area contributed by atoms with Crippen LogP contribution in [0, 0.1) is 13.8 Å². The quantitative estimate of drug-likeness (QED) is 0.827. The van der Waals surface area contributed by atoms with Crippen LogP contribution in [0.1, 0.15) is 30.7 Å². The van der Waals surface area contributed by atoms with Gasteiger partial charge in [0, 0.05) is 31.9 Å². The van der Waals surface area contributed by atoms with Crippen molar-refractivity contribution in [2.24, 2.45) is 0 Å². The predicted molar refractivity (Wildman–Crippen MR) is 70.5 cm³/mol. The Bertz CT molecular complexity index is 407. The predicted octanol–water partition coefficient (Wildman–Crippen LogP) is 1.70. The van der Waals surface area contributed by atoms with Gasteiger partial charge in [-0.1, -0.05) is 0 Å². The summed E-state index contributed by atoms with van der Waals surface area (Å²) in [4.78, 5) is 13.6. The molecule has 5 nitrogen and oxygen atoms in total. The lowest BCUT2D eigenvalue weighted by atomic mass is 10.4. The summed E-state index contributed by atoms with van der Waals surface area (Å²) in [6.07, 6.45) is 3.19. The molecule has 1 aliphatic rings. The summed E-state index contributed by atoms with van der Waals surface area (Å²) in [7, 11) is 0. The lowest BCUT2D eigenvalue weighted by Gasteiger charge is -2.16. The number of nitrogens with one attached hydrogen (secondary N) is 1. The molecule has 0 aromatic carbocycles. The standard InChI is InChI=1S/C13H22N4O/c1-11-10-12(2)17(15-11)9-5-6-14-13(18)16-7-3-4-8-16/h10H,3-9H2,1-2H3,(H,14,18). The van der Waals surface area contributed by atoms with Gasteiger partial charge in [0.25, 0.3) is 0 Å². The van der Waals surface area contributed by atoms with E-state index in [9.17, 15) is 4.79 Å². The molecule has 1 aliphatic heterocycles. The van der Waals surface area contributed by atoms with E-state index in [0.717, 1.165) is 44.6 Å². The summed E-state index contributed by atoms with van der Waals surface area (Å²) in [5, 5.41) is 7.36. The van der Waals surface area contributed by atoms with Crippen LogP contribution in [0.3, 0.4) is 0 Å². The summed E-state index contributed by atoms with van der Waals surface area (Å²) in [6, 6.07) is 2.16. The Balaban J connectivity index is 1.66. The van der Waals surface area contributed by atoms with Gasteiger partial charge in [-0.05, 0) is 39.2 Å². The molecule has 1 aromatic rings. The number of amides is 2. The van der Waals surface area contributed by atoms with E-state index in [2.05, 4.69) is 23.4 Å². The zero-order valence-electron chi connectivity index (χ0n) is 11.3. The van der Waals surface area contributed by atoms with Gasteiger partial charge in [-0.15, -0.1) is 0 Å². The molecule has 0 aliphatic carbocycles. The minimum Gasteiger partial charge on any atom is -0.338 e. The maximum absolute atomic E-state index is 11.7. The number of nitrogens with zero attached hydrogens (tertiary/aromatic N) is 3. The molecule has 1 aromatic heterocycles. The second-order valence-electron chi connectivity index (χ2n) is 4.93. The van der Waals surface area contributed by atoms with Crippen molar-refractivity contribution in [1.82, 2.24) is 20.0 Å². The Kier molecular flexibility index (Phi) is 4.23. The Hall–Kier alpha value is -1.52. The Morgan fingerprint density at radius 3 is 2.72 bits per heavy atom. The molecule has 0 atom stereocenters. The summed E-state index contributed by atoms with van der Waals surface area (Å²) < 4.78 is 2.00. The van der Waals surface area contributed by atoms with Crippen LogP contribution in [0.15, 0.2) is 6.07 Å². The van der Waals surface area contributed by atoms with Gasteiger partial charge < -0.3 is 10.2 Å². The number of hydrogen-bond acceptors (Lipinski definition) is 2. The van der Waals surface area contributed by atoms with Gasteiger partial charge in [0.2, 0.25) is 0 Å². The Morgan fingerprint density at radius 2 is 2.11 bits per heavy atom. The summed E-state index contributed by atoms with van der Waals surface area (Å²) in [6.45, 7) is 7.45. The van der Waals surface area contributed by atoms with Crippen LogP contribution in [0.4, 0.5) is 4.79 Å². The summed E-state index contributed by atoms with van der Waals surface area (Å²) in [5.74, 6) is 0. The second-order valence-corrected chi connectivity index (χ2v) is 4.93. The fourth-order valence-corrected chi connectivity index (χ4v) is 2.36. The van der Waals surface area contributed by atoms with E-state index >= 15 is 0 Å². The topological polar surface area (TPSA) is 50.2 Å². The van der Waals surface area contributed by atoms with E-state index in [-0.39, 0.29) is 6.03 Å². The lowest BCUT2D eigenvalue weighted by molar-refractivity contribution is 0.208. The van der Waals surface area contributed by atoms with Crippen molar-refractivity contribution in [2.45, 2.75) is 39.7 Å². The van der Waals surface area contributed by atoms with Gasteiger partial charge in [-0.25, -0.2) is 4.79 Å². The highest BCUT2D eigenvalue weighted by atomic mass is 16.2. The normalized spacial score (nSPS) is 15.1. The van der Waals surface area contributed by atoms with Crippen molar-refractivity contribution >= 4 is 6.03 Å². The fraction of sp³-hybridized carbons (Fsp3) is 0.692. The van der Waals surface area contributed by atoms with Crippen molar-refractivity contribution in [3.8, 4) is 0 Å². The third-order valence-electron chi connectivity index (χ3n) is 3.32. The highest BCUT2D eigenvalue weighted by Gasteiger charge is 2.16. The fourth-order valence-electron chi connectivity index (χ4n) is 2.36. The van der Waals surface area contributed by atoms with Gasteiger partial charge in [0.05, 0.1) is 5.69 Å². The van der Waals surface area contributed by atoms with Crippen molar-refractivity contribution < 1.29 is 4.79 Å². The van der Waals surface area contributed by atoms with Crippen LogP contribution in [-0.4, -0.2) is 40.3 Å². The number of likely N-dealkylation sites (tertiary alicyclic amines) is 1. The Morgan fingerprint density at radius 1 is 1.39 bits per heavy atom. The van der Waals surface area contributed by atoms with Gasteiger partial charge in [-0.3, -0.25) is 4.68 Å². The summed E-state index contributed by atoms with van der Waals surface area (Å²) >= 11 is 0. The van der Waals surface area contributed by atoms with Gasteiger partial charge >= 0.3 is 6.03 Å². The molecule has 1 saturated heterocycles. The SMILES string of the molecule is Cc1cc(C)n(CCCNC(=O)N2CCCC2)n1. The zero-order valence-corrected chi connectivity index (χ0v) is 11.3. The maximum Gasteiger partial charge on any atom is 0.317 e. The van der Waals surface area contributed by atoms with E-state index in [1.807, 2.05) is 16.5 Å².